The van der Waals surface area contributed by atoms with Crippen LogP contribution in [0.5, 0.6) is 11.5 Å². The normalized spacial score (nSPS) is 11.8. The summed E-state index contributed by atoms with van der Waals surface area (Å²) in [5.41, 5.74) is 2.76. The average molecular weight is 378 g/mol. The Morgan fingerprint density at radius 2 is 1.79 bits per heavy atom. The summed E-state index contributed by atoms with van der Waals surface area (Å²) >= 11 is 0. The van der Waals surface area contributed by atoms with E-state index in [1.807, 2.05) is 69.3 Å². The molecule has 1 N–H and O–H groups in total. The number of rotatable bonds is 8. The number of para-hydroxylation sites is 1. The molecule has 0 aliphatic carbocycles. The van der Waals surface area contributed by atoms with Crippen LogP contribution in [0.25, 0.3) is 10.9 Å². The van der Waals surface area contributed by atoms with Gasteiger partial charge in [-0.05, 0) is 50.1 Å². The van der Waals surface area contributed by atoms with E-state index in [0.29, 0.717) is 24.7 Å². The predicted octanol–water partition coefficient (Wildman–Crippen LogP) is 4.45. The van der Waals surface area contributed by atoms with Crippen molar-refractivity contribution < 1.29 is 14.3 Å². The number of fused-ring (bicyclic) bond motifs is 1. The van der Waals surface area contributed by atoms with Gasteiger partial charge in [-0.25, -0.2) is 0 Å². The Morgan fingerprint density at radius 1 is 1.04 bits per heavy atom. The molecule has 3 rings (SSSR count). The topological polar surface area (TPSA) is 60.5 Å². The molecule has 1 aromatic heterocycles. The van der Waals surface area contributed by atoms with Crippen LogP contribution in [0.2, 0.25) is 0 Å². The molecule has 28 heavy (non-hydrogen) atoms. The van der Waals surface area contributed by atoms with Gasteiger partial charge in [0.15, 0.2) is 11.5 Å². The van der Waals surface area contributed by atoms with Crippen LogP contribution in [0.4, 0.5) is 0 Å². The molecule has 146 valence electrons. The van der Waals surface area contributed by atoms with Crippen molar-refractivity contribution in [2.24, 2.45) is 0 Å². The van der Waals surface area contributed by atoms with Gasteiger partial charge < -0.3 is 14.8 Å². The lowest BCUT2D eigenvalue weighted by Crippen LogP contribution is -2.28. The zero-order valence-electron chi connectivity index (χ0n) is 16.6. The maximum Gasteiger partial charge on any atom is 0.224 e. The van der Waals surface area contributed by atoms with Gasteiger partial charge in [-0.2, -0.15) is 0 Å². The van der Waals surface area contributed by atoms with Gasteiger partial charge in [0, 0.05) is 11.6 Å². The Labute approximate surface area is 165 Å². The molecule has 0 saturated carbocycles. The number of pyridine rings is 1. The van der Waals surface area contributed by atoms with Crippen LogP contribution in [0, 0.1) is 0 Å². The highest BCUT2D eigenvalue weighted by Crippen LogP contribution is 2.30. The van der Waals surface area contributed by atoms with Gasteiger partial charge >= 0.3 is 0 Å². The van der Waals surface area contributed by atoms with Gasteiger partial charge in [-0.15, -0.1) is 0 Å². The van der Waals surface area contributed by atoms with E-state index in [0.717, 1.165) is 22.0 Å². The molecule has 0 bridgehead atoms. The molecule has 0 aliphatic rings. The number of carbonyl (C=O) groups is 1. The molecule has 1 heterocycles. The summed E-state index contributed by atoms with van der Waals surface area (Å²) in [5.74, 6) is 1.37. The van der Waals surface area contributed by atoms with Crippen LogP contribution < -0.4 is 14.8 Å². The van der Waals surface area contributed by atoms with Crippen molar-refractivity contribution in [3.8, 4) is 11.5 Å². The molecular formula is C23H26N2O3. The number of carbonyl (C=O) groups excluding carboxylic acids is 1. The van der Waals surface area contributed by atoms with E-state index in [1.54, 1.807) is 6.20 Å². The lowest BCUT2D eigenvalue weighted by atomic mass is 10.0. The second-order valence-electron chi connectivity index (χ2n) is 6.53. The third-order valence-corrected chi connectivity index (χ3v) is 4.51. The van der Waals surface area contributed by atoms with E-state index in [9.17, 15) is 4.79 Å². The largest absolute Gasteiger partial charge is 0.490 e. The first-order chi connectivity index (χ1) is 13.6. The molecule has 3 aromatic rings. The Bertz CT molecular complexity index is 950. The monoisotopic (exact) mass is 378 g/mol. The number of amides is 1. The van der Waals surface area contributed by atoms with E-state index in [2.05, 4.69) is 10.3 Å². The SMILES string of the molecule is CCOc1ccc(C(C)NC(=O)Cc2cccc3cccnc23)cc1OCC. The van der Waals surface area contributed by atoms with E-state index in [4.69, 9.17) is 9.47 Å². The fourth-order valence-corrected chi connectivity index (χ4v) is 3.20. The van der Waals surface area contributed by atoms with Crippen LogP contribution in [-0.4, -0.2) is 24.1 Å². The zero-order valence-corrected chi connectivity index (χ0v) is 16.6. The van der Waals surface area contributed by atoms with Crippen molar-refractivity contribution in [2.75, 3.05) is 13.2 Å². The van der Waals surface area contributed by atoms with E-state index in [-0.39, 0.29) is 18.4 Å². The number of nitrogens with one attached hydrogen (secondary N) is 1. The Kier molecular flexibility index (Phi) is 6.48. The number of nitrogens with zero attached hydrogens (tertiary/aromatic N) is 1. The maximum atomic E-state index is 12.6. The number of aromatic nitrogens is 1. The molecule has 5 heteroatoms. The molecule has 0 radical (unpaired) electrons. The van der Waals surface area contributed by atoms with Gasteiger partial charge in [-0.1, -0.05) is 30.3 Å². The fourth-order valence-electron chi connectivity index (χ4n) is 3.20. The third kappa shape index (κ3) is 4.60. The highest BCUT2D eigenvalue weighted by molar-refractivity contribution is 5.87. The van der Waals surface area contributed by atoms with Gasteiger partial charge in [0.2, 0.25) is 5.91 Å². The van der Waals surface area contributed by atoms with Gasteiger partial charge in [0.1, 0.15) is 0 Å². The molecule has 0 saturated heterocycles. The van der Waals surface area contributed by atoms with Crippen molar-refractivity contribution in [2.45, 2.75) is 33.2 Å². The summed E-state index contributed by atoms with van der Waals surface area (Å²) in [5, 5.41) is 4.10. The molecule has 5 nitrogen and oxygen atoms in total. The first kappa shape index (κ1) is 19.7. The Hall–Kier alpha value is -3.08. The summed E-state index contributed by atoms with van der Waals surface area (Å²) < 4.78 is 11.3. The lowest BCUT2D eigenvalue weighted by molar-refractivity contribution is -0.121. The molecule has 2 aromatic carbocycles. The number of benzene rings is 2. The van der Waals surface area contributed by atoms with Crippen molar-refractivity contribution in [3.05, 3.63) is 65.9 Å². The van der Waals surface area contributed by atoms with Gasteiger partial charge in [-0.3, -0.25) is 9.78 Å². The number of ether oxygens (including phenoxy) is 2. The minimum absolute atomic E-state index is 0.0440. The Balaban J connectivity index is 1.72. The van der Waals surface area contributed by atoms with E-state index < -0.39 is 0 Å². The van der Waals surface area contributed by atoms with Crippen molar-refractivity contribution >= 4 is 16.8 Å². The van der Waals surface area contributed by atoms with Gasteiger partial charge in [0.05, 0.1) is 31.2 Å². The molecule has 0 fully saturated rings. The molecule has 1 unspecified atom stereocenters. The van der Waals surface area contributed by atoms with E-state index in [1.165, 1.54) is 0 Å². The second-order valence-corrected chi connectivity index (χ2v) is 6.53. The summed E-state index contributed by atoms with van der Waals surface area (Å²) in [4.78, 5) is 17.0. The number of hydrogen-bond donors (Lipinski definition) is 1. The summed E-state index contributed by atoms with van der Waals surface area (Å²) in [6, 6.07) is 15.4. The molecular weight excluding hydrogens is 352 g/mol. The molecule has 0 aliphatic heterocycles. The highest BCUT2D eigenvalue weighted by atomic mass is 16.5. The first-order valence-corrected chi connectivity index (χ1v) is 9.63. The average Bonchev–Trinajstić information content (AvgIpc) is 2.70. The Morgan fingerprint density at radius 3 is 2.57 bits per heavy atom. The van der Waals surface area contributed by atoms with Crippen LogP contribution in [0.1, 0.15) is 37.9 Å². The second kappa shape index (κ2) is 9.22. The van der Waals surface area contributed by atoms with Gasteiger partial charge in [0.25, 0.3) is 0 Å². The minimum atomic E-state index is -0.148. The third-order valence-electron chi connectivity index (χ3n) is 4.51. The molecule has 1 atom stereocenters. The quantitative estimate of drug-likeness (QED) is 0.629. The standard InChI is InChI=1S/C23H26N2O3/c1-4-27-20-12-11-18(14-21(20)28-5-2)16(3)25-22(26)15-19-9-6-8-17-10-7-13-24-23(17)19/h6-14,16H,4-5,15H2,1-3H3,(H,25,26). The fraction of sp³-hybridized carbons (Fsp3) is 0.304. The summed E-state index contributed by atoms with van der Waals surface area (Å²) in [6.07, 6.45) is 2.04. The highest BCUT2D eigenvalue weighted by Gasteiger charge is 2.14. The maximum absolute atomic E-state index is 12.6. The molecule has 1 amide bonds. The van der Waals surface area contributed by atoms with Crippen LogP contribution in [0.3, 0.4) is 0 Å². The van der Waals surface area contributed by atoms with Crippen LogP contribution >= 0.6 is 0 Å². The van der Waals surface area contributed by atoms with Crippen molar-refractivity contribution in [1.82, 2.24) is 10.3 Å². The summed E-state index contributed by atoms with van der Waals surface area (Å²) in [7, 11) is 0. The van der Waals surface area contributed by atoms with E-state index >= 15 is 0 Å². The number of hydrogen-bond acceptors (Lipinski definition) is 4. The first-order valence-electron chi connectivity index (χ1n) is 9.63. The van der Waals surface area contributed by atoms with Crippen molar-refractivity contribution in [1.29, 1.82) is 0 Å². The van der Waals surface area contributed by atoms with Crippen LogP contribution in [0.15, 0.2) is 54.7 Å². The lowest BCUT2D eigenvalue weighted by Gasteiger charge is -2.18. The smallest absolute Gasteiger partial charge is 0.224 e. The minimum Gasteiger partial charge on any atom is -0.490 e. The summed E-state index contributed by atoms with van der Waals surface area (Å²) in [6.45, 7) is 6.97. The predicted molar refractivity (Wildman–Crippen MR) is 111 cm³/mol. The van der Waals surface area contributed by atoms with Crippen LogP contribution in [-0.2, 0) is 11.2 Å². The zero-order chi connectivity index (χ0) is 19.9. The van der Waals surface area contributed by atoms with Crippen molar-refractivity contribution in [3.63, 3.8) is 0 Å². The molecule has 0 spiro atoms.